The Bertz CT molecular complexity index is 549. The Balaban J connectivity index is 2.24. The highest BCUT2D eigenvalue weighted by Gasteiger charge is 2.18. The summed E-state index contributed by atoms with van der Waals surface area (Å²) in [6.45, 7) is 2.20. The summed E-state index contributed by atoms with van der Waals surface area (Å²) in [4.78, 5) is 0. The normalized spacial score (nSPS) is 10.7. The van der Waals surface area contributed by atoms with Gasteiger partial charge in [0.1, 0.15) is 5.75 Å². The molecule has 0 saturated carbocycles. The summed E-state index contributed by atoms with van der Waals surface area (Å²) in [6, 6.07) is 7.80. The average Bonchev–Trinajstić information content (AvgIpc) is 2.84. The number of ether oxygens (including phenoxy) is 1. The van der Waals surface area contributed by atoms with Crippen LogP contribution in [0.5, 0.6) is 5.75 Å². The van der Waals surface area contributed by atoms with Gasteiger partial charge in [-0.1, -0.05) is 49.5 Å². The standard InChI is InChI=1S/C16H22N2O2/c1-3-4-5-6-10-13-15(16(17)20-18-13)12-9-7-8-11-14(12)19-2/h7-9,11H,3-6,10,17H2,1-2H3. The van der Waals surface area contributed by atoms with Gasteiger partial charge in [0.05, 0.1) is 18.4 Å². The molecule has 20 heavy (non-hydrogen) atoms. The summed E-state index contributed by atoms with van der Waals surface area (Å²) in [6.07, 6.45) is 5.66. The highest BCUT2D eigenvalue weighted by Crippen LogP contribution is 2.36. The van der Waals surface area contributed by atoms with E-state index in [-0.39, 0.29) is 0 Å². The molecule has 4 heteroatoms. The topological polar surface area (TPSA) is 61.3 Å². The van der Waals surface area contributed by atoms with Gasteiger partial charge in [-0.15, -0.1) is 0 Å². The van der Waals surface area contributed by atoms with E-state index in [2.05, 4.69) is 12.1 Å². The number of nitrogens with two attached hydrogens (primary N) is 1. The molecule has 0 atom stereocenters. The number of methoxy groups -OCH3 is 1. The van der Waals surface area contributed by atoms with Crippen molar-refractivity contribution in [3.63, 3.8) is 0 Å². The Morgan fingerprint density at radius 2 is 2.00 bits per heavy atom. The van der Waals surface area contributed by atoms with Crippen molar-refractivity contribution < 1.29 is 9.26 Å². The van der Waals surface area contributed by atoms with Gasteiger partial charge in [0.15, 0.2) is 0 Å². The Morgan fingerprint density at radius 3 is 2.75 bits per heavy atom. The third-order valence-corrected chi connectivity index (χ3v) is 3.43. The molecule has 0 aliphatic rings. The third-order valence-electron chi connectivity index (χ3n) is 3.43. The van der Waals surface area contributed by atoms with Gasteiger partial charge < -0.3 is 15.0 Å². The molecule has 0 saturated heterocycles. The van der Waals surface area contributed by atoms with Crippen LogP contribution in [0.1, 0.15) is 38.3 Å². The molecule has 1 aromatic carbocycles. The maximum Gasteiger partial charge on any atom is 0.230 e. The smallest absolute Gasteiger partial charge is 0.230 e. The molecule has 0 bridgehead atoms. The number of aromatic nitrogens is 1. The summed E-state index contributed by atoms with van der Waals surface area (Å²) in [5, 5.41) is 4.11. The van der Waals surface area contributed by atoms with Crippen LogP contribution in [0.15, 0.2) is 28.8 Å². The lowest BCUT2D eigenvalue weighted by Crippen LogP contribution is -1.94. The highest BCUT2D eigenvalue weighted by molar-refractivity contribution is 5.79. The Labute approximate surface area is 119 Å². The van der Waals surface area contributed by atoms with E-state index in [1.807, 2.05) is 24.3 Å². The number of anilines is 1. The van der Waals surface area contributed by atoms with Crippen LogP contribution >= 0.6 is 0 Å². The van der Waals surface area contributed by atoms with E-state index in [0.29, 0.717) is 5.88 Å². The van der Waals surface area contributed by atoms with Crippen molar-refractivity contribution in [2.75, 3.05) is 12.8 Å². The maximum absolute atomic E-state index is 5.94. The minimum absolute atomic E-state index is 0.361. The first kappa shape index (κ1) is 14.4. The van der Waals surface area contributed by atoms with E-state index in [1.54, 1.807) is 7.11 Å². The van der Waals surface area contributed by atoms with Crippen LogP contribution in [0.25, 0.3) is 11.1 Å². The van der Waals surface area contributed by atoms with Crippen LogP contribution in [0.2, 0.25) is 0 Å². The molecule has 0 unspecified atom stereocenters. The van der Waals surface area contributed by atoms with Crippen LogP contribution < -0.4 is 10.5 Å². The Morgan fingerprint density at radius 1 is 1.20 bits per heavy atom. The average molecular weight is 274 g/mol. The maximum atomic E-state index is 5.94. The molecule has 0 radical (unpaired) electrons. The summed E-state index contributed by atoms with van der Waals surface area (Å²) >= 11 is 0. The summed E-state index contributed by atoms with van der Waals surface area (Å²) in [5.74, 6) is 1.15. The summed E-state index contributed by atoms with van der Waals surface area (Å²) < 4.78 is 10.6. The van der Waals surface area contributed by atoms with Gasteiger partial charge >= 0.3 is 0 Å². The predicted molar refractivity (Wildman–Crippen MR) is 80.7 cm³/mol. The van der Waals surface area contributed by atoms with E-state index in [4.69, 9.17) is 15.0 Å². The number of unbranched alkanes of at least 4 members (excludes halogenated alkanes) is 3. The fourth-order valence-electron chi connectivity index (χ4n) is 2.37. The number of aryl methyl sites for hydroxylation is 1. The van der Waals surface area contributed by atoms with E-state index in [9.17, 15) is 0 Å². The number of para-hydroxylation sites is 1. The molecule has 108 valence electrons. The minimum atomic E-state index is 0.361. The van der Waals surface area contributed by atoms with Crippen molar-refractivity contribution >= 4 is 5.88 Å². The predicted octanol–water partition coefficient (Wildman–Crippen LogP) is 4.06. The molecular formula is C16H22N2O2. The van der Waals surface area contributed by atoms with E-state index >= 15 is 0 Å². The molecule has 1 aromatic heterocycles. The number of nitrogen functional groups attached to an aromatic ring is 1. The lowest BCUT2D eigenvalue weighted by atomic mass is 10.0. The van der Waals surface area contributed by atoms with Crippen LogP contribution in [0.4, 0.5) is 5.88 Å². The molecule has 2 N–H and O–H groups in total. The molecule has 0 aliphatic heterocycles. The quantitative estimate of drug-likeness (QED) is 0.773. The van der Waals surface area contributed by atoms with Gasteiger partial charge in [0, 0.05) is 5.56 Å². The molecule has 0 fully saturated rings. The molecule has 0 amide bonds. The zero-order chi connectivity index (χ0) is 14.4. The largest absolute Gasteiger partial charge is 0.496 e. The van der Waals surface area contributed by atoms with Crippen molar-refractivity contribution in [2.24, 2.45) is 0 Å². The van der Waals surface area contributed by atoms with Gasteiger partial charge in [-0.3, -0.25) is 0 Å². The van der Waals surface area contributed by atoms with Crippen LogP contribution in [0, 0.1) is 0 Å². The molecule has 0 spiro atoms. The lowest BCUT2D eigenvalue weighted by Gasteiger charge is -2.08. The first-order chi connectivity index (χ1) is 9.77. The number of hydrogen-bond donors (Lipinski definition) is 1. The van der Waals surface area contributed by atoms with Crippen LogP contribution in [-0.2, 0) is 6.42 Å². The van der Waals surface area contributed by atoms with E-state index < -0.39 is 0 Å². The number of nitrogens with zero attached hydrogens (tertiary/aromatic N) is 1. The van der Waals surface area contributed by atoms with Gasteiger partial charge in [-0.25, -0.2) is 0 Å². The lowest BCUT2D eigenvalue weighted by molar-refractivity contribution is 0.416. The number of hydrogen-bond acceptors (Lipinski definition) is 4. The molecule has 2 rings (SSSR count). The van der Waals surface area contributed by atoms with Gasteiger partial charge in [0.2, 0.25) is 5.88 Å². The zero-order valence-corrected chi connectivity index (χ0v) is 12.2. The van der Waals surface area contributed by atoms with E-state index in [0.717, 1.165) is 35.4 Å². The first-order valence-corrected chi connectivity index (χ1v) is 7.15. The van der Waals surface area contributed by atoms with Gasteiger partial charge in [0.25, 0.3) is 0 Å². The van der Waals surface area contributed by atoms with Crippen molar-refractivity contribution in [2.45, 2.75) is 39.0 Å². The summed E-state index contributed by atoms with van der Waals surface area (Å²) in [7, 11) is 1.66. The molecule has 4 nitrogen and oxygen atoms in total. The van der Waals surface area contributed by atoms with Gasteiger partial charge in [-0.05, 0) is 18.9 Å². The van der Waals surface area contributed by atoms with Crippen molar-refractivity contribution in [3.05, 3.63) is 30.0 Å². The van der Waals surface area contributed by atoms with Crippen LogP contribution in [0.3, 0.4) is 0 Å². The Hall–Kier alpha value is -1.97. The highest BCUT2D eigenvalue weighted by atomic mass is 16.5. The fourth-order valence-corrected chi connectivity index (χ4v) is 2.37. The van der Waals surface area contributed by atoms with Gasteiger partial charge in [-0.2, -0.15) is 0 Å². The fraction of sp³-hybridized carbons (Fsp3) is 0.438. The van der Waals surface area contributed by atoms with Crippen LogP contribution in [-0.4, -0.2) is 12.3 Å². The second kappa shape index (κ2) is 6.98. The number of rotatable bonds is 7. The SMILES string of the molecule is CCCCCCc1noc(N)c1-c1ccccc1OC. The van der Waals surface area contributed by atoms with E-state index in [1.165, 1.54) is 19.3 Å². The molecular weight excluding hydrogens is 252 g/mol. The summed E-state index contributed by atoms with van der Waals surface area (Å²) in [5.41, 5.74) is 8.68. The van der Waals surface area contributed by atoms with Crippen molar-refractivity contribution in [1.82, 2.24) is 5.16 Å². The molecule has 1 heterocycles. The second-order valence-electron chi connectivity index (χ2n) is 4.88. The number of benzene rings is 1. The van der Waals surface area contributed by atoms with Crippen molar-refractivity contribution in [3.8, 4) is 16.9 Å². The monoisotopic (exact) mass is 274 g/mol. The molecule has 0 aliphatic carbocycles. The Kier molecular flexibility index (Phi) is 5.04. The minimum Gasteiger partial charge on any atom is -0.496 e. The zero-order valence-electron chi connectivity index (χ0n) is 12.2. The second-order valence-corrected chi connectivity index (χ2v) is 4.88. The first-order valence-electron chi connectivity index (χ1n) is 7.15. The van der Waals surface area contributed by atoms with Crippen molar-refractivity contribution in [1.29, 1.82) is 0 Å². The third kappa shape index (κ3) is 3.13. The molecule has 2 aromatic rings.